The Morgan fingerprint density at radius 3 is 2.57 bits per heavy atom. The number of hydrogen-bond donors (Lipinski definition) is 1. The third-order valence-electron chi connectivity index (χ3n) is 4.70. The molecule has 2 N–H and O–H groups in total. The number of benzene rings is 2. The summed E-state index contributed by atoms with van der Waals surface area (Å²) in [6.45, 7) is 0. The molecule has 0 spiro atoms. The highest BCUT2D eigenvalue weighted by molar-refractivity contribution is 5.22. The van der Waals surface area contributed by atoms with Crippen molar-refractivity contribution in [2.24, 2.45) is 11.7 Å². The van der Waals surface area contributed by atoms with Crippen molar-refractivity contribution in [3.8, 4) is 0 Å². The molecule has 0 saturated heterocycles. The van der Waals surface area contributed by atoms with Gasteiger partial charge in [0.2, 0.25) is 0 Å². The largest absolute Gasteiger partial charge is 0.327 e. The van der Waals surface area contributed by atoms with Crippen LogP contribution in [0.15, 0.2) is 54.6 Å². The van der Waals surface area contributed by atoms with Crippen LogP contribution in [0.5, 0.6) is 0 Å². The van der Waals surface area contributed by atoms with Crippen molar-refractivity contribution in [3.63, 3.8) is 0 Å². The summed E-state index contributed by atoms with van der Waals surface area (Å²) in [5.41, 5.74) is 8.78. The van der Waals surface area contributed by atoms with Crippen LogP contribution in [0.25, 0.3) is 0 Å². The fraction of sp³-hybridized carbons (Fsp3) is 0.368. The molecule has 0 bridgehead atoms. The Balaban J connectivity index is 1.72. The topological polar surface area (TPSA) is 26.0 Å². The molecule has 1 aliphatic carbocycles. The van der Waals surface area contributed by atoms with E-state index in [9.17, 15) is 4.39 Å². The van der Waals surface area contributed by atoms with Crippen LogP contribution in [-0.2, 0) is 6.42 Å². The minimum Gasteiger partial charge on any atom is -0.327 e. The number of halogens is 1. The molecule has 1 aliphatic rings. The molecule has 2 heteroatoms. The summed E-state index contributed by atoms with van der Waals surface area (Å²) in [5.74, 6) is 0.867. The van der Waals surface area contributed by atoms with E-state index in [1.54, 1.807) is 12.1 Å². The lowest BCUT2D eigenvalue weighted by atomic mass is 9.73. The van der Waals surface area contributed by atoms with Crippen LogP contribution >= 0.6 is 0 Å². The quantitative estimate of drug-likeness (QED) is 0.894. The van der Waals surface area contributed by atoms with Gasteiger partial charge in [0.05, 0.1) is 0 Å². The minimum atomic E-state index is -0.156. The summed E-state index contributed by atoms with van der Waals surface area (Å²) in [6, 6.07) is 17.8. The Bertz CT molecular complexity index is 581. The van der Waals surface area contributed by atoms with Gasteiger partial charge in [-0.15, -0.1) is 0 Å². The van der Waals surface area contributed by atoms with Crippen molar-refractivity contribution in [2.45, 2.75) is 37.6 Å². The molecule has 0 heterocycles. The van der Waals surface area contributed by atoms with Crippen molar-refractivity contribution in [2.75, 3.05) is 0 Å². The number of rotatable bonds is 3. The lowest BCUT2D eigenvalue weighted by molar-refractivity contribution is 0.277. The SMILES string of the molecule is NC1CCC(c2ccccc2)CC1Cc1cccc(F)c1. The van der Waals surface area contributed by atoms with E-state index in [1.165, 1.54) is 11.6 Å². The van der Waals surface area contributed by atoms with Crippen molar-refractivity contribution >= 4 is 0 Å². The predicted molar refractivity (Wildman–Crippen MR) is 84.6 cm³/mol. The highest BCUT2D eigenvalue weighted by atomic mass is 19.1. The average molecular weight is 283 g/mol. The summed E-state index contributed by atoms with van der Waals surface area (Å²) in [4.78, 5) is 0. The van der Waals surface area contributed by atoms with E-state index in [0.717, 1.165) is 31.2 Å². The fourth-order valence-electron chi connectivity index (χ4n) is 3.52. The highest BCUT2D eigenvalue weighted by Gasteiger charge is 2.29. The maximum absolute atomic E-state index is 13.3. The second-order valence-corrected chi connectivity index (χ2v) is 6.18. The summed E-state index contributed by atoms with van der Waals surface area (Å²) in [7, 11) is 0. The maximum Gasteiger partial charge on any atom is 0.123 e. The van der Waals surface area contributed by atoms with Crippen molar-refractivity contribution < 1.29 is 4.39 Å². The van der Waals surface area contributed by atoms with Gasteiger partial charge in [0.1, 0.15) is 5.82 Å². The third kappa shape index (κ3) is 3.51. The first-order chi connectivity index (χ1) is 10.2. The zero-order chi connectivity index (χ0) is 14.7. The molecule has 3 rings (SSSR count). The van der Waals surface area contributed by atoms with Crippen LogP contribution in [0, 0.1) is 11.7 Å². The highest BCUT2D eigenvalue weighted by Crippen LogP contribution is 2.37. The van der Waals surface area contributed by atoms with Gasteiger partial charge in [-0.25, -0.2) is 4.39 Å². The molecular weight excluding hydrogens is 261 g/mol. The van der Waals surface area contributed by atoms with Crippen molar-refractivity contribution in [1.29, 1.82) is 0 Å². The average Bonchev–Trinajstić information content (AvgIpc) is 2.50. The molecule has 0 aliphatic heterocycles. The zero-order valence-electron chi connectivity index (χ0n) is 12.2. The Hall–Kier alpha value is -1.67. The first kappa shape index (κ1) is 14.3. The Labute approximate surface area is 126 Å². The van der Waals surface area contributed by atoms with E-state index in [2.05, 4.69) is 30.3 Å². The maximum atomic E-state index is 13.3. The Kier molecular flexibility index (Phi) is 4.35. The van der Waals surface area contributed by atoms with E-state index in [1.807, 2.05) is 6.07 Å². The van der Waals surface area contributed by atoms with Gasteiger partial charge >= 0.3 is 0 Å². The van der Waals surface area contributed by atoms with Gasteiger partial charge in [-0.3, -0.25) is 0 Å². The van der Waals surface area contributed by atoms with E-state index < -0.39 is 0 Å². The predicted octanol–water partition coefficient (Wildman–Crippen LogP) is 4.28. The summed E-state index contributed by atoms with van der Waals surface area (Å²) >= 11 is 0. The van der Waals surface area contributed by atoms with Gasteiger partial charge < -0.3 is 5.73 Å². The van der Waals surface area contributed by atoms with Gasteiger partial charge in [0, 0.05) is 6.04 Å². The molecule has 0 aromatic heterocycles. The molecule has 3 unspecified atom stereocenters. The molecule has 0 amide bonds. The first-order valence-corrected chi connectivity index (χ1v) is 7.77. The molecule has 0 radical (unpaired) electrons. The van der Waals surface area contributed by atoms with Crippen LogP contribution in [0.1, 0.15) is 36.3 Å². The van der Waals surface area contributed by atoms with Crippen LogP contribution in [-0.4, -0.2) is 6.04 Å². The van der Waals surface area contributed by atoms with Crippen LogP contribution in [0.3, 0.4) is 0 Å². The molecule has 3 atom stereocenters. The van der Waals surface area contributed by atoms with Crippen molar-refractivity contribution in [1.82, 2.24) is 0 Å². The molecule has 2 aromatic rings. The monoisotopic (exact) mass is 283 g/mol. The molecule has 1 fully saturated rings. The van der Waals surface area contributed by atoms with Gasteiger partial charge in [0.25, 0.3) is 0 Å². The molecule has 2 aromatic carbocycles. The Morgan fingerprint density at radius 2 is 1.81 bits per heavy atom. The summed E-state index contributed by atoms with van der Waals surface area (Å²) < 4.78 is 13.3. The summed E-state index contributed by atoms with van der Waals surface area (Å²) in [5, 5.41) is 0. The molecule has 21 heavy (non-hydrogen) atoms. The number of nitrogens with two attached hydrogens (primary N) is 1. The lowest BCUT2D eigenvalue weighted by Crippen LogP contribution is -2.36. The zero-order valence-corrected chi connectivity index (χ0v) is 12.2. The van der Waals surface area contributed by atoms with Gasteiger partial charge in [0.15, 0.2) is 0 Å². The van der Waals surface area contributed by atoms with Crippen LogP contribution < -0.4 is 5.73 Å². The van der Waals surface area contributed by atoms with Crippen LogP contribution in [0.2, 0.25) is 0 Å². The lowest BCUT2D eigenvalue weighted by Gasteiger charge is -2.34. The second kappa shape index (κ2) is 6.40. The summed E-state index contributed by atoms with van der Waals surface area (Å²) in [6.07, 6.45) is 4.19. The minimum absolute atomic E-state index is 0.156. The molecular formula is C19H22FN. The third-order valence-corrected chi connectivity index (χ3v) is 4.70. The normalized spacial score (nSPS) is 25.7. The smallest absolute Gasteiger partial charge is 0.123 e. The fourth-order valence-corrected chi connectivity index (χ4v) is 3.52. The molecule has 1 saturated carbocycles. The van der Waals surface area contributed by atoms with Gasteiger partial charge in [-0.2, -0.15) is 0 Å². The standard InChI is InChI=1S/C19H22FN/c20-18-8-4-5-14(12-18)11-17-13-16(9-10-19(17)21)15-6-2-1-3-7-15/h1-8,12,16-17,19H,9-11,13,21H2. The van der Waals surface area contributed by atoms with E-state index in [-0.39, 0.29) is 11.9 Å². The second-order valence-electron chi connectivity index (χ2n) is 6.18. The van der Waals surface area contributed by atoms with Crippen molar-refractivity contribution in [3.05, 3.63) is 71.5 Å². The molecule has 1 nitrogen and oxygen atoms in total. The van der Waals surface area contributed by atoms with E-state index in [0.29, 0.717) is 11.8 Å². The Morgan fingerprint density at radius 1 is 1.00 bits per heavy atom. The first-order valence-electron chi connectivity index (χ1n) is 7.77. The van der Waals surface area contributed by atoms with Gasteiger partial charge in [-0.05, 0) is 60.8 Å². The number of hydrogen-bond acceptors (Lipinski definition) is 1. The van der Waals surface area contributed by atoms with E-state index >= 15 is 0 Å². The van der Waals surface area contributed by atoms with Crippen LogP contribution in [0.4, 0.5) is 4.39 Å². The molecule has 110 valence electrons. The van der Waals surface area contributed by atoms with E-state index in [4.69, 9.17) is 5.73 Å². The van der Waals surface area contributed by atoms with Gasteiger partial charge in [-0.1, -0.05) is 42.5 Å².